The molecule has 1 heterocycles. The molecule has 0 saturated heterocycles. The highest BCUT2D eigenvalue weighted by Crippen LogP contribution is 2.32. The molecular weight excluding hydrogens is 416 g/mol. The zero-order valence-electron chi connectivity index (χ0n) is 15.0. The van der Waals surface area contributed by atoms with Crippen molar-refractivity contribution in [2.24, 2.45) is 0 Å². The summed E-state index contributed by atoms with van der Waals surface area (Å²) in [7, 11) is 0. The molecule has 0 saturated carbocycles. The van der Waals surface area contributed by atoms with E-state index in [0.29, 0.717) is 29.1 Å². The summed E-state index contributed by atoms with van der Waals surface area (Å²) in [4.78, 5) is 8.43. The number of phenols is 1. The highest BCUT2D eigenvalue weighted by Gasteiger charge is 2.11. The summed E-state index contributed by atoms with van der Waals surface area (Å²) in [5.41, 5.74) is 1.76. The van der Waals surface area contributed by atoms with E-state index in [1.807, 2.05) is 30.3 Å². The monoisotopic (exact) mass is 431 g/mol. The molecule has 0 amide bonds. The summed E-state index contributed by atoms with van der Waals surface area (Å²) in [5, 5.41) is 13.2. The Morgan fingerprint density at radius 1 is 1.03 bits per heavy atom. The van der Waals surface area contributed by atoms with E-state index in [-0.39, 0.29) is 28.9 Å². The number of nitrogens with one attached hydrogen (secondary N) is 1. The van der Waals surface area contributed by atoms with Crippen LogP contribution in [0.1, 0.15) is 5.56 Å². The van der Waals surface area contributed by atoms with Crippen molar-refractivity contribution in [1.82, 2.24) is 9.97 Å². The molecule has 0 spiro atoms. The van der Waals surface area contributed by atoms with Crippen molar-refractivity contribution in [1.29, 1.82) is 0 Å². The minimum atomic E-state index is -0.600. The second kappa shape index (κ2) is 8.94. The van der Waals surface area contributed by atoms with Crippen LogP contribution in [0.25, 0.3) is 10.9 Å². The van der Waals surface area contributed by atoms with E-state index >= 15 is 0 Å². The predicted octanol–water partition coefficient (Wildman–Crippen LogP) is 5.87. The Morgan fingerprint density at radius 2 is 1.83 bits per heavy atom. The fraction of sp³-hybridized carbons (Fsp3) is 0.0476. The van der Waals surface area contributed by atoms with Gasteiger partial charge in [0.2, 0.25) is 0 Å². The first-order valence-electron chi connectivity index (χ1n) is 8.46. The molecule has 4 rings (SSSR count). The van der Waals surface area contributed by atoms with Crippen molar-refractivity contribution in [3.63, 3.8) is 0 Å². The normalized spacial score (nSPS) is 10.4. The third-order valence-electron chi connectivity index (χ3n) is 4.15. The third kappa shape index (κ3) is 4.67. The summed E-state index contributed by atoms with van der Waals surface area (Å²) >= 11 is 5.72. The van der Waals surface area contributed by atoms with Gasteiger partial charge in [-0.1, -0.05) is 41.9 Å². The number of benzene rings is 3. The standard InChI is InChI=1S/C21H15ClFN3O2.ClH/c22-16-9-17(23)19(10-20(16)27)26-21-15-7-6-14(8-18(15)24-12-25-21)28-11-13-4-2-1-3-5-13;/h1-10,12,27H,11H2,(H,24,25,26);1H. The Labute approximate surface area is 177 Å². The van der Waals surface area contributed by atoms with Gasteiger partial charge in [-0.25, -0.2) is 14.4 Å². The number of ether oxygens (including phenoxy) is 1. The van der Waals surface area contributed by atoms with Gasteiger partial charge in [-0.2, -0.15) is 0 Å². The quantitative estimate of drug-likeness (QED) is 0.413. The van der Waals surface area contributed by atoms with E-state index in [1.54, 1.807) is 18.2 Å². The number of halogens is 3. The summed E-state index contributed by atoms with van der Waals surface area (Å²) in [6.07, 6.45) is 1.37. The van der Waals surface area contributed by atoms with Gasteiger partial charge in [0.15, 0.2) is 0 Å². The number of nitrogens with zero attached hydrogens (tertiary/aromatic N) is 2. The zero-order valence-corrected chi connectivity index (χ0v) is 16.5. The number of rotatable bonds is 5. The van der Waals surface area contributed by atoms with Crippen LogP contribution in [0.3, 0.4) is 0 Å². The van der Waals surface area contributed by atoms with Gasteiger partial charge in [-0.3, -0.25) is 0 Å². The molecule has 4 aromatic rings. The molecule has 2 N–H and O–H groups in total. The maximum atomic E-state index is 14.1. The first kappa shape index (κ1) is 20.6. The Bertz CT molecular complexity index is 1140. The lowest BCUT2D eigenvalue weighted by Crippen LogP contribution is -1.99. The Balaban J connectivity index is 0.00000240. The molecule has 0 aliphatic rings. The number of aromatic hydroxyl groups is 1. The number of aromatic nitrogens is 2. The molecule has 0 fully saturated rings. The number of hydrogen-bond donors (Lipinski definition) is 2. The molecule has 29 heavy (non-hydrogen) atoms. The largest absolute Gasteiger partial charge is 0.506 e. The van der Waals surface area contributed by atoms with Crippen LogP contribution >= 0.6 is 24.0 Å². The molecule has 0 bridgehead atoms. The molecule has 1 aromatic heterocycles. The van der Waals surface area contributed by atoms with E-state index in [1.165, 1.54) is 12.4 Å². The molecule has 5 nitrogen and oxygen atoms in total. The van der Waals surface area contributed by atoms with Gasteiger partial charge in [-0.15, -0.1) is 12.4 Å². The molecule has 3 aromatic carbocycles. The lowest BCUT2D eigenvalue weighted by molar-refractivity contribution is 0.306. The first-order chi connectivity index (χ1) is 13.6. The van der Waals surface area contributed by atoms with E-state index in [9.17, 15) is 9.50 Å². The van der Waals surface area contributed by atoms with Gasteiger partial charge in [0.25, 0.3) is 0 Å². The molecule has 148 valence electrons. The molecule has 0 unspecified atom stereocenters. The molecular formula is C21H16Cl2FN3O2. The van der Waals surface area contributed by atoms with Crippen LogP contribution < -0.4 is 10.1 Å². The summed E-state index contributed by atoms with van der Waals surface area (Å²) in [5.74, 6) is 0.245. The van der Waals surface area contributed by atoms with E-state index < -0.39 is 5.82 Å². The summed E-state index contributed by atoms with van der Waals surface area (Å²) in [6.45, 7) is 0.442. The van der Waals surface area contributed by atoms with Crippen LogP contribution in [0.2, 0.25) is 5.02 Å². The predicted molar refractivity (Wildman–Crippen MR) is 114 cm³/mol. The molecule has 0 aliphatic heterocycles. The first-order valence-corrected chi connectivity index (χ1v) is 8.84. The fourth-order valence-electron chi connectivity index (χ4n) is 2.73. The average Bonchev–Trinajstić information content (AvgIpc) is 2.71. The van der Waals surface area contributed by atoms with Crippen LogP contribution in [0, 0.1) is 5.82 Å². The van der Waals surface area contributed by atoms with Crippen molar-refractivity contribution in [2.75, 3.05) is 5.32 Å². The molecule has 0 radical (unpaired) electrons. The topological polar surface area (TPSA) is 67.3 Å². The number of phenolic OH excluding ortho intramolecular Hbond substituents is 1. The van der Waals surface area contributed by atoms with Crippen molar-refractivity contribution in [3.8, 4) is 11.5 Å². The second-order valence-corrected chi connectivity index (χ2v) is 6.49. The van der Waals surface area contributed by atoms with Crippen LogP contribution in [-0.2, 0) is 6.61 Å². The smallest absolute Gasteiger partial charge is 0.148 e. The van der Waals surface area contributed by atoms with Crippen LogP contribution in [0.15, 0.2) is 67.0 Å². The van der Waals surface area contributed by atoms with Gasteiger partial charge in [0.1, 0.15) is 36.1 Å². The highest BCUT2D eigenvalue weighted by molar-refractivity contribution is 6.32. The summed E-state index contributed by atoms with van der Waals surface area (Å²) < 4.78 is 19.9. The van der Waals surface area contributed by atoms with E-state index in [4.69, 9.17) is 16.3 Å². The van der Waals surface area contributed by atoms with Gasteiger partial charge in [0, 0.05) is 17.5 Å². The van der Waals surface area contributed by atoms with Crippen molar-refractivity contribution in [2.45, 2.75) is 6.61 Å². The highest BCUT2D eigenvalue weighted by atomic mass is 35.5. The fourth-order valence-corrected chi connectivity index (χ4v) is 2.88. The minimum absolute atomic E-state index is 0. The second-order valence-electron chi connectivity index (χ2n) is 6.08. The van der Waals surface area contributed by atoms with Gasteiger partial charge >= 0.3 is 0 Å². The minimum Gasteiger partial charge on any atom is -0.506 e. The number of fused-ring (bicyclic) bond motifs is 1. The lowest BCUT2D eigenvalue weighted by Gasteiger charge is -2.11. The van der Waals surface area contributed by atoms with Crippen LogP contribution in [0.5, 0.6) is 11.5 Å². The van der Waals surface area contributed by atoms with Crippen molar-refractivity contribution >= 4 is 46.4 Å². The third-order valence-corrected chi connectivity index (χ3v) is 4.45. The van der Waals surface area contributed by atoms with Gasteiger partial charge in [-0.05, 0) is 23.8 Å². The lowest BCUT2D eigenvalue weighted by atomic mass is 10.2. The van der Waals surface area contributed by atoms with Gasteiger partial charge in [0.05, 0.1) is 16.2 Å². The maximum absolute atomic E-state index is 14.1. The van der Waals surface area contributed by atoms with Crippen molar-refractivity contribution < 1.29 is 14.2 Å². The zero-order chi connectivity index (χ0) is 19.5. The van der Waals surface area contributed by atoms with E-state index in [2.05, 4.69) is 15.3 Å². The molecule has 8 heteroatoms. The number of anilines is 2. The van der Waals surface area contributed by atoms with Gasteiger partial charge < -0.3 is 15.2 Å². The van der Waals surface area contributed by atoms with Crippen LogP contribution in [0.4, 0.5) is 15.9 Å². The SMILES string of the molecule is Cl.Oc1cc(Nc2ncnc3cc(OCc4ccccc4)ccc23)c(F)cc1Cl. The average molecular weight is 432 g/mol. The number of hydrogen-bond acceptors (Lipinski definition) is 5. The van der Waals surface area contributed by atoms with E-state index in [0.717, 1.165) is 11.6 Å². The van der Waals surface area contributed by atoms with Crippen molar-refractivity contribution in [3.05, 3.63) is 83.4 Å². The maximum Gasteiger partial charge on any atom is 0.148 e. The Hall–Kier alpha value is -3.09. The Morgan fingerprint density at radius 3 is 2.62 bits per heavy atom. The van der Waals surface area contributed by atoms with Crippen LogP contribution in [-0.4, -0.2) is 15.1 Å². The summed E-state index contributed by atoms with van der Waals surface area (Å²) in [6, 6.07) is 17.5. The molecule has 0 atom stereocenters. The molecule has 0 aliphatic carbocycles. The Kier molecular flexibility index (Phi) is 6.36.